The fourth-order valence-electron chi connectivity index (χ4n) is 3.47. The predicted molar refractivity (Wildman–Crippen MR) is 125 cm³/mol. The van der Waals surface area contributed by atoms with E-state index in [0.29, 0.717) is 10.7 Å². The molecule has 0 spiro atoms. The summed E-state index contributed by atoms with van der Waals surface area (Å²) in [5, 5.41) is 5.42. The number of carbonyl (C=O) groups excluding carboxylic acids is 1. The highest BCUT2D eigenvalue weighted by molar-refractivity contribution is 7.14. The first kappa shape index (κ1) is 20.8. The molecule has 4 aromatic rings. The third-order valence-electron chi connectivity index (χ3n) is 5.01. The van der Waals surface area contributed by atoms with Crippen molar-refractivity contribution in [2.45, 2.75) is 27.7 Å². The van der Waals surface area contributed by atoms with E-state index in [4.69, 9.17) is 4.74 Å². The molecular formula is C25H23N3O2S. The quantitative estimate of drug-likeness (QED) is 0.394. The molecule has 2 aromatic heterocycles. The molecular weight excluding hydrogens is 406 g/mol. The van der Waals surface area contributed by atoms with Crippen LogP contribution in [-0.2, 0) is 0 Å². The number of aryl methyl sites for hydroxylation is 4. The maximum absolute atomic E-state index is 12.6. The molecule has 0 fully saturated rings. The zero-order valence-electron chi connectivity index (χ0n) is 17.9. The van der Waals surface area contributed by atoms with E-state index >= 15 is 0 Å². The van der Waals surface area contributed by atoms with Crippen LogP contribution in [0.15, 0.2) is 60.2 Å². The molecule has 0 unspecified atom stereocenters. The van der Waals surface area contributed by atoms with Crippen molar-refractivity contribution in [1.29, 1.82) is 0 Å². The highest BCUT2D eigenvalue weighted by atomic mass is 32.1. The summed E-state index contributed by atoms with van der Waals surface area (Å²) in [6.45, 7) is 8.00. The maximum Gasteiger partial charge on any atom is 0.257 e. The van der Waals surface area contributed by atoms with Crippen molar-refractivity contribution in [1.82, 2.24) is 9.97 Å². The second-order valence-corrected chi connectivity index (χ2v) is 8.39. The van der Waals surface area contributed by atoms with Crippen molar-refractivity contribution in [3.8, 4) is 22.8 Å². The second kappa shape index (κ2) is 8.70. The molecule has 1 N–H and O–H groups in total. The van der Waals surface area contributed by atoms with Crippen molar-refractivity contribution >= 4 is 22.4 Å². The summed E-state index contributed by atoms with van der Waals surface area (Å²) in [4.78, 5) is 21.2. The van der Waals surface area contributed by atoms with Gasteiger partial charge in [-0.3, -0.25) is 15.1 Å². The summed E-state index contributed by atoms with van der Waals surface area (Å²) >= 11 is 1.41. The third kappa shape index (κ3) is 4.64. The molecule has 4 rings (SSSR count). The molecule has 6 heteroatoms. The molecule has 5 nitrogen and oxygen atoms in total. The fourth-order valence-corrected chi connectivity index (χ4v) is 4.16. The van der Waals surface area contributed by atoms with Crippen LogP contribution in [0.2, 0.25) is 0 Å². The third-order valence-corrected chi connectivity index (χ3v) is 5.77. The van der Waals surface area contributed by atoms with Crippen molar-refractivity contribution in [3.05, 3.63) is 88.1 Å². The summed E-state index contributed by atoms with van der Waals surface area (Å²) < 4.78 is 6.02. The first-order valence-corrected chi connectivity index (χ1v) is 10.8. The molecule has 2 heterocycles. The molecule has 0 radical (unpaired) electrons. The van der Waals surface area contributed by atoms with Crippen LogP contribution in [0.5, 0.6) is 11.5 Å². The largest absolute Gasteiger partial charge is 0.457 e. The lowest BCUT2D eigenvalue weighted by Crippen LogP contribution is -2.13. The Hall–Kier alpha value is -3.51. The average molecular weight is 430 g/mol. The number of amides is 1. The second-order valence-electron chi connectivity index (χ2n) is 7.53. The maximum atomic E-state index is 12.6. The van der Waals surface area contributed by atoms with Gasteiger partial charge in [0.2, 0.25) is 0 Å². The lowest BCUT2D eigenvalue weighted by atomic mass is 10.0. The van der Waals surface area contributed by atoms with Gasteiger partial charge in [0, 0.05) is 28.9 Å². The lowest BCUT2D eigenvalue weighted by Gasteiger charge is -2.12. The van der Waals surface area contributed by atoms with E-state index in [2.05, 4.69) is 22.2 Å². The Morgan fingerprint density at radius 2 is 1.65 bits per heavy atom. The van der Waals surface area contributed by atoms with Crippen LogP contribution in [-0.4, -0.2) is 15.9 Å². The minimum absolute atomic E-state index is 0.184. The van der Waals surface area contributed by atoms with E-state index in [0.717, 1.165) is 39.4 Å². The topological polar surface area (TPSA) is 64.1 Å². The van der Waals surface area contributed by atoms with Gasteiger partial charge in [0.15, 0.2) is 5.13 Å². The Morgan fingerprint density at radius 1 is 0.935 bits per heavy atom. The van der Waals surface area contributed by atoms with Gasteiger partial charge in [-0.1, -0.05) is 17.7 Å². The number of thiazole rings is 1. The van der Waals surface area contributed by atoms with Crippen LogP contribution in [0.25, 0.3) is 11.3 Å². The van der Waals surface area contributed by atoms with E-state index < -0.39 is 0 Å². The van der Waals surface area contributed by atoms with E-state index in [1.807, 2.05) is 62.5 Å². The summed E-state index contributed by atoms with van der Waals surface area (Å²) in [5.74, 6) is 1.41. The molecule has 0 bridgehead atoms. The predicted octanol–water partition coefficient (Wildman–Crippen LogP) is 6.48. The number of anilines is 1. The molecule has 1 amide bonds. The van der Waals surface area contributed by atoms with E-state index in [1.54, 1.807) is 18.5 Å². The van der Waals surface area contributed by atoms with Gasteiger partial charge >= 0.3 is 0 Å². The number of ether oxygens (including phenoxy) is 1. The number of aromatic nitrogens is 2. The number of benzene rings is 2. The summed E-state index contributed by atoms with van der Waals surface area (Å²) in [6.07, 6.45) is 3.29. The van der Waals surface area contributed by atoms with Crippen LogP contribution in [0.1, 0.15) is 32.6 Å². The highest BCUT2D eigenvalue weighted by Gasteiger charge is 2.15. The average Bonchev–Trinajstić information content (AvgIpc) is 3.17. The number of nitrogens with zero attached hydrogens (tertiary/aromatic N) is 2. The molecule has 0 saturated carbocycles. The monoisotopic (exact) mass is 429 g/mol. The summed E-state index contributed by atoms with van der Waals surface area (Å²) in [6, 6.07) is 13.7. The van der Waals surface area contributed by atoms with Gasteiger partial charge in [0.1, 0.15) is 11.5 Å². The minimum Gasteiger partial charge on any atom is -0.457 e. The number of rotatable bonds is 5. The SMILES string of the molecule is Cc1ccc(Oc2cc(C)c(-c3csc(NC(=O)c4ccncc4C)n3)c(C)c2)cc1. The van der Waals surface area contributed by atoms with Gasteiger partial charge in [-0.25, -0.2) is 4.98 Å². The Morgan fingerprint density at radius 3 is 2.32 bits per heavy atom. The molecule has 0 saturated heterocycles. The fraction of sp³-hybridized carbons (Fsp3) is 0.160. The van der Waals surface area contributed by atoms with E-state index in [9.17, 15) is 4.79 Å². The van der Waals surface area contributed by atoms with Crippen molar-refractivity contribution in [2.75, 3.05) is 5.32 Å². The van der Waals surface area contributed by atoms with E-state index in [1.165, 1.54) is 16.9 Å². The Balaban J connectivity index is 1.55. The molecule has 0 aliphatic heterocycles. The number of pyridine rings is 1. The number of nitrogens with one attached hydrogen (secondary N) is 1. The van der Waals surface area contributed by atoms with Gasteiger partial charge in [0.05, 0.1) is 5.69 Å². The molecule has 0 aliphatic rings. The zero-order chi connectivity index (χ0) is 22.0. The Bertz CT molecular complexity index is 1220. The van der Waals surface area contributed by atoms with Gasteiger partial charge in [0.25, 0.3) is 5.91 Å². The van der Waals surface area contributed by atoms with Crippen LogP contribution < -0.4 is 10.1 Å². The Kier molecular flexibility index (Phi) is 5.82. The van der Waals surface area contributed by atoms with Crippen molar-refractivity contribution in [2.24, 2.45) is 0 Å². The van der Waals surface area contributed by atoms with E-state index in [-0.39, 0.29) is 5.91 Å². The van der Waals surface area contributed by atoms with Crippen LogP contribution >= 0.6 is 11.3 Å². The molecule has 0 aliphatic carbocycles. The first-order valence-electron chi connectivity index (χ1n) is 9.94. The number of hydrogen-bond donors (Lipinski definition) is 1. The minimum atomic E-state index is -0.184. The smallest absolute Gasteiger partial charge is 0.257 e. The molecule has 2 aromatic carbocycles. The summed E-state index contributed by atoms with van der Waals surface area (Å²) in [5.41, 5.74) is 6.63. The Labute approximate surface area is 185 Å². The van der Waals surface area contributed by atoms with Crippen LogP contribution in [0, 0.1) is 27.7 Å². The number of hydrogen-bond acceptors (Lipinski definition) is 5. The molecule has 0 atom stereocenters. The number of carbonyl (C=O) groups is 1. The van der Waals surface area contributed by atoms with Gasteiger partial charge in [-0.2, -0.15) is 0 Å². The van der Waals surface area contributed by atoms with Gasteiger partial charge in [-0.15, -0.1) is 11.3 Å². The van der Waals surface area contributed by atoms with Gasteiger partial charge in [-0.05, 0) is 74.7 Å². The normalized spacial score (nSPS) is 10.7. The van der Waals surface area contributed by atoms with Crippen LogP contribution in [0.4, 0.5) is 5.13 Å². The first-order chi connectivity index (χ1) is 14.9. The summed E-state index contributed by atoms with van der Waals surface area (Å²) in [7, 11) is 0. The lowest BCUT2D eigenvalue weighted by molar-refractivity contribution is 0.102. The molecule has 31 heavy (non-hydrogen) atoms. The molecule has 156 valence electrons. The van der Waals surface area contributed by atoms with Gasteiger partial charge < -0.3 is 4.74 Å². The highest BCUT2D eigenvalue weighted by Crippen LogP contribution is 2.34. The standard InChI is InChI=1S/C25H23N3O2S/c1-15-5-7-19(8-6-15)30-20-11-16(2)23(17(3)12-20)22-14-31-25(27-22)28-24(29)21-9-10-26-13-18(21)4/h5-14H,1-4H3,(H,27,28,29). The van der Waals surface area contributed by atoms with Crippen molar-refractivity contribution in [3.63, 3.8) is 0 Å². The van der Waals surface area contributed by atoms with Crippen molar-refractivity contribution < 1.29 is 9.53 Å². The zero-order valence-corrected chi connectivity index (χ0v) is 18.7. The van der Waals surface area contributed by atoms with Crippen LogP contribution in [0.3, 0.4) is 0 Å².